The highest BCUT2D eigenvalue weighted by Gasteiger charge is 2.23. The van der Waals surface area contributed by atoms with Crippen LogP contribution >= 0.6 is 11.3 Å². The molecule has 1 amide bonds. The topological polar surface area (TPSA) is 99.2 Å². The number of aromatic nitrogens is 3. The van der Waals surface area contributed by atoms with E-state index >= 15 is 0 Å². The molecular weight excluding hydrogens is 416 g/mol. The number of fused-ring (bicyclic) bond motifs is 1. The number of nitrogens with zero attached hydrogens (tertiary/aromatic N) is 3. The molecule has 0 saturated heterocycles. The third-order valence-electron chi connectivity index (χ3n) is 4.79. The third-order valence-corrected chi connectivity index (χ3v) is 5.92. The summed E-state index contributed by atoms with van der Waals surface area (Å²) in [4.78, 5) is 26.2. The Labute approximate surface area is 182 Å². The summed E-state index contributed by atoms with van der Waals surface area (Å²) in [6, 6.07) is 11.6. The molecule has 9 heteroatoms. The number of nitrogens with one attached hydrogen (secondary N) is 1. The molecule has 1 atom stereocenters. The number of ether oxygens (including phenoxy) is 1. The van der Waals surface area contributed by atoms with Crippen molar-refractivity contribution in [2.75, 3.05) is 5.32 Å². The molecule has 31 heavy (non-hydrogen) atoms. The highest BCUT2D eigenvalue weighted by Crippen LogP contribution is 2.29. The second-order valence-corrected chi connectivity index (χ2v) is 8.45. The van der Waals surface area contributed by atoms with Crippen molar-refractivity contribution in [3.8, 4) is 0 Å². The van der Waals surface area contributed by atoms with E-state index in [1.165, 1.54) is 23.8 Å². The molecule has 0 radical (unpaired) electrons. The van der Waals surface area contributed by atoms with Crippen molar-refractivity contribution in [2.45, 2.75) is 40.3 Å². The van der Waals surface area contributed by atoms with Crippen LogP contribution in [0, 0.1) is 20.8 Å². The Morgan fingerprint density at radius 1 is 1.19 bits per heavy atom. The highest BCUT2D eigenvalue weighted by atomic mass is 32.1. The predicted molar refractivity (Wildman–Crippen MR) is 117 cm³/mol. The molecule has 0 fully saturated rings. The summed E-state index contributed by atoms with van der Waals surface area (Å²) in [6.45, 7) is 7.79. The molecule has 0 saturated carbocycles. The van der Waals surface area contributed by atoms with Crippen molar-refractivity contribution in [3.63, 3.8) is 0 Å². The minimum absolute atomic E-state index is 0.277. The van der Waals surface area contributed by atoms with E-state index in [9.17, 15) is 9.59 Å². The molecule has 8 nitrogen and oxygen atoms in total. The number of esters is 1. The van der Waals surface area contributed by atoms with Crippen LogP contribution in [0.25, 0.3) is 10.2 Å². The van der Waals surface area contributed by atoms with Gasteiger partial charge in [0.2, 0.25) is 0 Å². The Hall–Kier alpha value is -3.46. The zero-order valence-electron chi connectivity index (χ0n) is 17.6. The number of hydrogen-bond donors (Lipinski definition) is 1. The van der Waals surface area contributed by atoms with Crippen molar-refractivity contribution in [2.24, 2.45) is 0 Å². The first-order valence-electron chi connectivity index (χ1n) is 9.78. The largest absolute Gasteiger partial charge is 0.448 e. The van der Waals surface area contributed by atoms with Gasteiger partial charge in [-0.15, -0.1) is 11.3 Å². The molecule has 4 rings (SSSR count). The number of hydrogen-bond acceptors (Lipinski definition) is 7. The van der Waals surface area contributed by atoms with Gasteiger partial charge in [-0.25, -0.2) is 4.79 Å². The minimum atomic E-state index is -0.986. The number of rotatable bonds is 6. The first kappa shape index (κ1) is 20.8. The van der Waals surface area contributed by atoms with Gasteiger partial charge in [-0.05, 0) is 39.3 Å². The third kappa shape index (κ3) is 4.51. The van der Waals surface area contributed by atoms with E-state index in [0.717, 1.165) is 21.5 Å². The monoisotopic (exact) mass is 438 g/mol. The number of amides is 1. The molecule has 1 aromatic carbocycles. The minimum Gasteiger partial charge on any atom is -0.448 e. The SMILES string of the molecule is Cc1ccc(Cn2nc(C)c3cc(C(=O)O[C@H](C)C(=O)Nc4cc(C)on4)sc32)cc1. The number of thiophene rings is 1. The maximum absolute atomic E-state index is 12.6. The van der Waals surface area contributed by atoms with Gasteiger partial charge >= 0.3 is 5.97 Å². The first-order chi connectivity index (χ1) is 14.8. The molecule has 0 bridgehead atoms. The summed E-state index contributed by atoms with van der Waals surface area (Å²) < 4.78 is 12.2. The van der Waals surface area contributed by atoms with E-state index in [-0.39, 0.29) is 5.82 Å². The Morgan fingerprint density at radius 3 is 2.61 bits per heavy atom. The van der Waals surface area contributed by atoms with Crippen LogP contribution in [-0.2, 0) is 16.1 Å². The standard InChI is InChI=1S/C22H22N4O4S/c1-12-5-7-16(8-6-12)11-26-21-17(14(3)24-26)10-18(31-21)22(28)29-15(4)20(27)23-19-9-13(2)30-25-19/h5-10,15H,11H2,1-4H3,(H,23,25,27)/t15-/m1/s1. The second kappa shape index (κ2) is 8.35. The number of carbonyl (C=O) groups excluding carboxylic acids is 2. The van der Waals surface area contributed by atoms with Crippen LogP contribution in [0.1, 0.15) is 39.2 Å². The zero-order chi connectivity index (χ0) is 22.1. The molecule has 0 aliphatic heterocycles. The van der Waals surface area contributed by atoms with Crippen molar-refractivity contribution >= 4 is 39.2 Å². The molecule has 3 heterocycles. The molecule has 160 valence electrons. The summed E-state index contributed by atoms with van der Waals surface area (Å²) in [7, 11) is 0. The Bertz CT molecular complexity index is 1250. The van der Waals surface area contributed by atoms with Crippen LogP contribution in [0.5, 0.6) is 0 Å². The van der Waals surface area contributed by atoms with Gasteiger partial charge in [0.1, 0.15) is 15.5 Å². The van der Waals surface area contributed by atoms with E-state index < -0.39 is 18.0 Å². The molecule has 0 aliphatic carbocycles. The van der Waals surface area contributed by atoms with E-state index in [1.54, 1.807) is 19.1 Å². The van der Waals surface area contributed by atoms with Gasteiger partial charge in [0.25, 0.3) is 5.91 Å². The lowest BCUT2D eigenvalue weighted by Crippen LogP contribution is -2.29. The fourth-order valence-electron chi connectivity index (χ4n) is 3.11. The van der Waals surface area contributed by atoms with Crippen LogP contribution in [0.15, 0.2) is 40.9 Å². The highest BCUT2D eigenvalue weighted by molar-refractivity contribution is 7.20. The van der Waals surface area contributed by atoms with Gasteiger partial charge in [-0.3, -0.25) is 9.48 Å². The fraction of sp³-hybridized carbons (Fsp3) is 0.273. The van der Waals surface area contributed by atoms with E-state index in [0.29, 0.717) is 17.2 Å². The summed E-state index contributed by atoms with van der Waals surface area (Å²) in [5.41, 5.74) is 3.16. The van der Waals surface area contributed by atoms with Gasteiger partial charge in [0.15, 0.2) is 11.9 Å². The van der Waals surface area contributed by atoms with Crippen LogP contribution in [0.3, 0.4) is 0 Å². The lowest BCUT2D eigenvalue weighted by atomic mass is 10.1. The Kier molecular flexibility index (Phi) is 5.60. The van der Waals surface area contributed by atoms with Crippen LogP contribution < -0.4 is 5.32 Å². The van der Waals surface area contributed by atoms with Crippen molar-refractivity contribution in [1.29, 1.82) is 0 Å². The van der Waals surface area contributed by atoms with Crippen molar-refractivity contribution in [1.82, 2.24) is 14.9 Å². The van der Waals surface area contributed by atoms with Crippen molar-refractivity contribution in [3.05, 3.63) is 63.9 Å². The summed E-state index contributed by atoms with van der Waals surface area (Å²) >= 11 is 1.30. The normalized spacial score (nSPS) is 12.1. The van der Waals surface area contributed by atoms with Gasteiger partial charge in [0.05, 0.1) is 12.2 Å². The number of carbonyl (C=O) groups is 2. The van der Waals surface area contributed by atoms with E-state index in [2.05, 4.69) is 39.8 Å². The Morgan fingerprint density at radius 2 is 1.94 bits per heavy atom. The number of benzene rings is 1. The lowest BCUT2D eigenvalue weighted by molar-refractivity contribution is -0.123. The average Bonchev–Trinajstić information content (AvgIpc) is 3.41. The van der Waals surface area contributed by atoms with Gasteiger partial charge in [-0.1, -0.05) is 35.0 Å². The summed E-state index contributed by atoms with van der Waals surface area (Å²) in [5.74, 6) is -0.190. The van der Waals surface area contributed by atoms with Crippen molar-refractivity contribution < 1.29 is 18.8 Å². The lowest BCUT2D eigenvalue weighted by Gasteiger charge is -2.11. The average molecular weight is 439 g/mol. The van der Waals surface area contributed by atoms with Gasteiger partial charge < -0.3 is 14.6 Å². The van der Waals surface area contributed by atoms with E-state index in [4.69, 9.17) is 9.26 Å². The number of aryl methyl sites for hydroxylation is 3. The fourth-order valence-corrected chi connectivity index (χ4v) is 4.16. The molecular formula is C22H22N4O4S. The zero-order valence-corrected chi connectivity index (χ0v) is 18.4. The molecule has 1 N–H and O–H groups in total. The maximum atomic E-state index is 12.6. The molecule has 0 aliphatic rings. The maximum Gasteiger partial charge on any atom is 0.349 e. The summed E-state index contributed by atoms with van der Waals surface area (Å²) in [6.07, 6.45) is -0.986. The van der Waals surface area contributed by atoms with Gasteiger partial charge in [-0.2, -0.15) is 5.10 Å². The van der Waals surface area contributed by atoms with Gasteiger partial charge in [0, 0.05) is 11.5 Å². The molecule has 4 aromatic rings. The van der Waals surface area contributed by atoms with E-state index in [1.807, 2.05) is 18.5 Å². The second-order valence-electron chi connectivity index (χ2n) is 7.42. The quantitative estimate of drug-likeness (QED) is 0.452. The summed E-state index contributed by atoms with van der Waals surface area (Å²) in [5, 5.41) is 11.8. The first-order valence-corrected chi connectivity index (χ1v) is 10.6. The number of anilines is 1. The molecule has 0 unspecified atom stereocenters. The molecule has 3 aromatic heterocycles. The smallest absolute Gasteiger partial charge is 0.349 e. The van der Waals surface area contributed by atoms with Crippen LogP contribution in [0.2, 0.25) is 0 Å². The van der Waals surface area contributed by atoms with Crippen LogP contribution in [0.4, 0.5) is 5.82 Å². The predicted octanol–water partition coefficient (Wildman–Crippen LogP) is 4.24. The molecule has 0 spiro atoms. The Balaban J connectivity index is 1.48. The van der Waals surface area contributed by atoms with Crippen LogP contribution in [-0.4, -0.2) is 32.9 Å².